The Bertz CT molecular complexity index is 1900. The van der Waals surface area contributed by atoms with E-state index in [1.807, 2.05) is 112 Å². The van der Waals surface area contributed by atoms with E-state index in [0.29, 0.717) is 90.4 Å². The Morgan fingerprint density at radius 1 is 0.710 bits per heavy atom. The van der Waals surface area contributed by atoms with Crippen molar-refractivity contribution in [3.05, 3.63) is 71.8 Å². The quantitative estimate of drug-likeness (QED) is 0.249. The first kappa shape index (κ1) is 46.8. The van der Waals surface area contributed by atoms with Gasteiger partial charge in [0.15, 0.2) is 0 Å². The molecule has 2 aromatic carbocycles. The van der Waals surface area contributed by atoms with E-state index >= 15 is 0 Å². The zero-order chi connectivity index (χ0) is 44.6. The number of ether oxygens (including phenoxy) is 2. The maximum absolute atomic E-state index is 14.5. The number of amides is 3. The van der Waals surface area contributed by atoms with Gasteiger partial charge in [-0.1, -0.05) is 60.7 Å². The fourth-order valence-corrected chi connectivity index (χ4v) is 9.12. The number of benzene rings is 2. The van der Waals surface area contributed by atoms with Gasteiger partial charge < -0.3 is 19.9 Å². The molecule has 0 aromatic heterocycles. The van der Waals surface area contributed by atoms with E-state index in [-0.39, 0.29) is 17.5 Å². The number of aliphatic hydroxyl groups excluding tert-OH is 1. The molecule has 0 aliphatic carbocycles. The molecule has 0 saturated carbocycles. The fraction of sp³-hybridized carbons (Fsp3) is 0.625. The first-order valence-electron chi connectivity index (χ1n) is 22.7. The molecule has 14 nitrogen and oxygen atoms in total. The summed E-state index contributed by atoms with van der Waals surface area (Å²) >= 11 is 0. The minimum atomic E-state index is -1.27. The first-order valence-corrected chi connectivity index (χ1v) is 22.7. The molecule has 0 bridgehead atoms. The molecule has 0 radical (unpaired) electrons. The third-order valence-corrected chi connectivity index (χ3v) is 12.0. The zero-order valence-corrected chi connectivity index (χ0v) is 37.6. The first-order chi connectivity index (χ1) is 29.5. The van der Waals surface area contributed by atoms with E-state index in [1.165, 1.54) is 5.01 Å². The molecule has 6 rings (SSSR count). The van der Waals surface area contributed by atoms with Crippen LogP contribution in [0.5, 0.6) is 0 Å². The maximum Gasteiger partial charge on any atom is 0.331 e. The van der Waals surface area contributed by atoms with Gasteiger partial charge in [-0.2, -0.15) is 0 Å². The van der Waals surface area contributed by atoms with Gasteiger partial charge in [-0.25, -0.2) is 19.6 Å². The van der Waals surface area contributed by atoms with Crippen LogP contribution in [0.4, 0.5) is 0 Å². The summed E-state index contributed by atoms with van der Waals surface area (Å²) in [5.74, 6) is -2.92. The number of hydrazine groups is 2. The minimum absolute atomic E-state index is 0.218. The number of nitrogens with one attached hydrogen (secondary N) is 1. The van der Waals surface area contributed by atoms with Gasteiger partial charge in [0.05, 0.1) is 0 Å². The Morgan fingerprint density at radius 3 is 1.77 bits per heavy atom. The van der Waals surface area contributed by atoms with Crippen molar-refractivity contribution in [1.29, 1.82) is 0 Å². The van der Waals surface area contributed by atoms with Gasteiger partial charge in [-0.05, 0) is 130 Å². The molecule has 1 unspecified atom stereocenters. The Balaban J connectivity index is 1.23. The number of carbonyl (C=O) groups is 5. The predicted octanol–water partition coefficient (Wildman–Crippen LogP) is 5.42. The van der Waals surface area contributed by atoms with Crippen LogP contribution in [0.25, 0.3) is 0 Å². The van der Waals surface area contributed by atoms with Crippen LogP contribution < -0.4 is 5.32 Å². The Morgan fingerprint density at radius 2 is 1.21 bits per heavy atom. The molecule has 62 heavy (non-hydrogen) atoms. The molecule has 2 aromatic rings. The molecule has 3 amide bonds. The lowest BCUT2D eigenvalue weighted by Gasteiger charge is -2.43. The van der Waals surface area contributed by atoms with Crippen LogP contribution in [-0.2, 0) is 46.3 Å². The monoisotopic (exact) mass is 857 g/mol. The second-order valence-corrected chi connectivity index (χ2v) is 19.3. The smallest absolute Gasteiger partial charge is 0.331 e. The summed E-state index contributed by atoms with van der Waals surface area (Å²) in [6.45, 7) is 13.3. The summed E-state index contributed by atoms with van der Waals surface area (Å²) in [7, 11) is 0. The lowest BCUT2D eigenvalue weighted by atomic mass is 9.86. The van der Waals surface area contributed by atoms with Crippen molar-refractivity contribution in [3.63, 3.8) is 0 Å². The molecule has 4 saturated heterocycles. The highest BCUT2D eigenvalue weighted by Crippen LogP contribution is 2.30. The summed E-state index contributed by atoms with van der Waals surface area (Å²) in [5.41, 5.74) is 0.730. The third kappa shape index (κ3) is 12.5. The fourth-order valence-electron chi connectivity index (χ4n) is 9.12. The number of nitrogens with zero attached hydrogens (tertiary/aromatic N) is 5. The molecule has 6 atom stereocenters. The number of rotatable bonds is 13. The van der Waals surface area contributed by atoms with Crippen molar-refractivity contribution < 1.29 is 38.6 Å². The predicted molar refractivity (Wildman–Crippen MR) is 235 cm³/mol. The molecule has 2 N–H and O–H groups in total. The van der Waals surface area contributed by atoms with Crippen molar-refractivity contribution in [2.75, 3.05) is 26.2 Å². The normalized spacial score (nSPS) is 23.9. The van der Waals surface area contributed by atoms with E-state index in [9.17, 15) is 29.1 Å². The highest BCUT2D eigenvalue weighted by molar-refractivity contribution is 6.39. The van der Waals surface area contributed by atoms with Gasteiger partial charge in [0.1, 0.15) is 41.3 Å². The van der Waals surface area contributed by atoms with E-state index in [0.717, 1.165) is 24.0 Å². The van der Waals surface area contributed by atoms with Crippen molar-refractivity contribution in [2.24, 2.45) is 16.8 Å². The third-order valence-electron chi connectivity index (χ3n) is 12.0. The van der Waals surface area contributed by atoms with Crippen LogP contribution >= 0.6 is 0 Å². The number of aliphatic hydroxyl groups is 1. The number of aliphatic imine (C=N–C) groups is 1. The molecule has 4 aliphatic heterocycles. The molecule has 4 heterocycles. The van der Waals surface area contributed by atoms with Crippen molar-refractivity contribution in [2.45, 2.75) is 154 Å². The van der Waals surface area contributed by atoms with Gasteiger partial charge in [0, 0.05) is 38.0 Å². The van der Waals surface area contributed by atoms with Crippen LogP contribution in [0.15, 0.2) is 65.7 Å². The lowest BCUT2D eigenvalue weighted by Crippen LogP contribution is -2.62. The number of esters is 2. The summed E-state index contributed by atoms with van der Waals surface area (Å²) in [6, 6.07) is 17.1. The van der Waals surface area contributed by atoms with Gasteiger partial charge >= 0.3 is 11.9 Å². The van der Waals surface area contributed by atoms with Crippen molar-refractivity contribution in [3.8, 4) is 0 Å². The molecule has 4 aliphatic rings. The van der Waals surface area contributed by atoms with E-state index < -0.39 is 65.2 Å². The summed E-state index contributed by atoms with van der Waals surface area (Å²) in [5, 5.41) is 22.0. The molecule has 338 valence electrons. The molecule has 0 spiro atoms. The second-order valence-electron chi connectivity index (χ2n) is 19.3. The van der Waals surface area contributed by atoms with Crippen molar-refractivity contribution in [1.82, 2.24) is 25.4 Å². The van der Waals surface area contributed by atoms with Crippen LogP contribution in [0.1, 0.15) is 117 Å². The molecular weight excluding hydrogens is 789 g/mol. The largest absolute Gasteiger partial charge is 0.458 e. The molecule has 4 fully saturated rings. The highest BCUT2D eigenvalue weighted by atomic mass is 16.6. The Labute approximate surface area is 367 Å². The van der Waals surface area contributed by atoms with Crippen LogP contribution in [0, 0.1) is 11.8 Å². The Hall–Kier alpha value is -4.66. The number of fused-ring (bicyclic) bond motifs is 2. The number of hydrogen-bond acceptors (Lipinski definition) is 11. The van der Waals surface area contributed by atoms with Crippen molar-refractivity contribution >= 4 is 35.4 Å². The van der Waals surface area contributed by atoms with Gasteiger partial charge in [-0.15, -0.1) is 0 Å². The highest BCUT2D eigenvalue weighted by Gasteiger charge is 2.45. The van der Waals surface area contributed by atoms with Gasteiger partial charge in [0.25, 0.3) is 11.8 Å². The summed E-state index contributed by atoms with van der Waals surface area (Å²) < 4.78 is 11.5. The maximum atomic E-state index is 14.5. The second kappa shape index (κ2) is 20.7. The SMILES string of the molecule is CC(C)(C)OC(=O)[C@@H]1CCCN2CCC/C(=N\C(O)[C@H](CC[C@H](Cc3ccccc3)C(=O)N[C@H]3CCCN4CCC[C@@H](C(=O)OC(C)(C)C)N4C3=O)Cc3ccccc3)C(=O)N12. The number of hydrogen-bond donors (Lipinski definition) is 2. The average Bonchev–Trinajstić information content (AvgIpc) is 3.48. The molecular formula is C48H68N6O8. The van der Waals surface area contributed by atoms with Gasteiger partial charge in [-0.3, -0.25) is 29.4 Å². The van der Waals surface area contributed by atoms with E-state index in [4.69, 9.17) is 14.5 Å². The zero-order valence-electron chi connectivity index (χ0n) is 37.6. The van der Waals surface area contributed by atoms with Crippen LogP contribution in [0.2, 0.25) is 0 Å². The van der Waals surface area contributed by atoms with Crippen LogP contribution in [0.3, 0.4) is 0 Å². The average molecular weight is 857 g/mol. The van der Waals surface area contributed by atoms with E-state index in [2.05, 4.69) is 5.32 Å². The standard InChI is InChI=1S/C48H68N6O8/c1-47(2,3)61-45(59)39-23-15-29-51-27-13-21-37(43(57)53(39)51)49-41(55)35(31-33-17-9-7-10-18-33)25-26-36(32-34-19-11-8-12-20-34)42(56)50-38-22-14-28-52-30-16-24-40(54(52)44(38)58)46(60)62-48(4,5)6/h7-12,17-20,35-37,39-40,42,56H,13-16,21-32H2,1-6H3,(H,49,55)/b50-38+/t35-,36-,37+,39+,40+,42?/m1/s1. The minimum Gasteiger partial charge on any atom is -0.458 e. The number of carbonyl (C=O) groups excluding carboxylic acids is 5. The molecule has 14 heteroatoms. The van der Waals surface area contributed by atoms with E-state index in [1.54, 1.807) is 5.01 Å². The lowest BCUT2D eigenvalue weighted by molar-refractivity contribution is -0.184. The Kier molecular flexibility index (Phi) is 15.6. The summed E-state index contributed by atoms with van der Waals surface area (Å²) in [6.07, 6.45) is 4.86. The topological polar surface area (TPSA) is 161 Å². The van der Waals surface area contributed by atoms with Crippen LogP contribution in [-0.4, -0.2) is 122 Å². The van der Waals surface area contributed by atoms with Gasteiger partial charge in [0.2, 0.25) is 5.91 Å². The summed E-state index contributed by atoms with van der Waals surface area (Å²) in [4.78, 5) is 74.7.